The summed E-state index contributed by atoms with van der Waals surface area (Å²) in [5.41, 5.74) is 0.506. The minimum absolute atomic E-state index is 0.197. The molecule has 0 aromatic heterocycles. The standard InChI is InChI=1S/C25H34N4O6S2/c1-3-35-22-6-10-24(11-7-22)36(31,32)28-14-12-20(13-15-28)25(30)26-21-4-8-23(9-5-21)37(33,34)29-18-16-27(2)17-19-29/h4-11,20H,3,12-19H2,1-2H3,(H,26,30). The van der Waals surface area contributed by atoms with Crippen molar-refractivity contribution in [1.29, 1.82) is 0 Å². The summed E-state index contributed by atoms with van der Waals surface area (Å²) in [6.07, 6.45) is 0.802. The van der Waals surface area contributed by atoms with Gasteiger partial charge in [0.1, 0.15) is 5.75 Å². The largest absolute Gasteiger partial charge is 0.494 e. The van der Waals surface area contributed by atoms with Gasteiger partial charge in [-0.3, -0.25) is 4.79 Å². The van der Waals surface area contributed by atoms with E-state index in [0.717, 1.165) is 0 Å². The number of benzene rings is 2. The number of nitrogens with zero attached hydrogens (tertiary/aromatic N) is 3. The highest BCUT2D eigenvalue weighted by Crippen LogP contribution is 2.27. The van der Waals surface area contributed by atoms with Gasteiger partial charge in [-0.1, -0.05) is 0 Å². The number of nitrogens with one attached hydrogen (secondary N) is 1. The highest BCUT2D eigenvalue weighted by Gasteiger charge is 2.32. The maximum absolute atomic E-state index is 13.0. The van der Waals surface area contributed by atoms with Crippen molar-refractivity contribution < 1.29 is 26.4 Å². The summed E-state index contributed by atoms with van der Waals surface area (Å²) in [6, 6.07) is 12.5. The fourth-order valence-electron chi connectivity index (χ4n) is 4.51. The van der Waals surface area contributed by atoms with Crippen molar-refractivity contribution >= 4 is 31.6 Å². The molecular formula is C25H34N4O6S2. The zero-order valence-electron chi connectivity index (χ0n) is 21.2. The number of ether oxygens (including phenoxy) is 1. The van der Waals surface area contributed by atoms with Gasteiger partial charge in [0, 0.05) is 50.9 Å². The molecular weight excluding hydrogens is 516 g/mol. The second-order valence-electron chi connectivity index (χ2n) is 9.30. The highest BCUT2D eigenvalue weighted by molar-refractivity contribution is 7.89. The molecule has 0 atom stereocenters. The molecule has 12 heteroatoms. The average Bonchev–Trinajstić information content (AvgIpc) is 2.90. The van der Waals surface area contributed by atoms with E-state index in [0.29, 0.717) is 57.1 Å². The van der Waals surface area contributed by atoms with Gasteiger partial charge in [-0.05, 0) is 75.3 Å². The van der Waals surface area contributed by atoms with Crippen LogP contribution in [0.2, 0.25) is 0 Å². The van der Waals surface area contributed by atoms with Crippen LogP contribution in [-0.4, -0.2) is 89.2 Å². The normalized spacial score (nSPS) is 19.0. The Balaban J connectivity index is 1.32. The molecule has 37 heavy (non-hydrogen) atoms. The first kappa shape index (κ1) is 27.5. The molecule has 0 spiro atoms. The Labute approximate surface area is 219 Å². The van der Waals surface area contributed by atoms with Crippen LogP contribution in [0.5, 0.6) is 5.75 Å². The topological polar surface area (TPSA) is 116 Å². The molecule has 0 radical (unpaired) electrons. The Morgan fingerprint density at radius 2 is 1.30 bits per heavy atom. The van der Waals surface area contributed by atoms with Crippen molar-refractivity contribution in [2.45, 2.75) is 29.6 Å². The van der Waals surface area contributed by atoms with Crippen LogP contribution in [0.4, 0.5) is 5.69 Å². The van der Waals surface area contributed by atoms with Crippen molar-refractivity contribution in [3.8, 4) is 5.75 Å². The van der Waals surface area contributed by atoms with Crippen molar-refractivity contribution in [3.63, 3.8) is 0 Å². The molecule has 1 amide bonds. The first-order chi connectivity index (χ1) is 17.6. The van der Waals surface area contributed by atoms with E-state index < -0.39 is 20.0 Å². The molecule has 2 aromatic carbocycles. The van der Waals surface area contributed by atoms with Crippen LogP contribution in [-0.2, 0) is 24.8 Å². The minimum atomic E-state index is -3.65. The molecule has 0 unspecified atom stereocenters. The van der Waals surface area contributed by atoms with E-state index in [2.05, 4.69) is 10.2 Å². The van der Waals surface area contributed by atoms with E-state index >= 15 is 0 Å². The molecule has 202 valence electrons. The van der Waals surface area contributed by atoms with E-state index in [1.165, 1.54) is 32.9 Å². The number of likely N-dealkylation sites (N-methyl/N-ethyl adjacent to an activating group) is 1. The second-order valence-corrected chi connectivity index (χ2v) is 13.2. The van der Waals surface area contributed by atoms with E-state index in [4.69, 9.17) is 4.74 Å². The van der Waals surface area contributed by atoms with Gasteiger partial charge in [0.2, 0.25) is 26.0 Å². The Morgan fingerprint density at radius 1 is 0.811 bits per heavy atom. The first-order valence-corrected chi connectivity index (χ1v) is 15.3. The third kappa shape index (κ3) is 6.32. The summed E-state index contributed by atoms with van der Waals surface area (Å²) in [7, 11) is -5.26. The number of piperidine rings is 1. The number of amides is 1. The average molecular weight is 551 g/mol. The lowest BCUT2D eigenvalue weighted by atomic mass is 9.97. The van der Waals surface area contributed by atoms with E-state index in [9.17, 15) is 21.6 Å². The molecule has 0 aliphatic carbocycles. The van der Waals surface area contributed by atoms with Crippen molar-refractivity contribution in [2.75, 3.05) is 58.2 Å². The highest BCUT2D eigenvalue weighted by atomic mass is 32.2. The van der Waals surface area contributed by atoms with Crippen molar-refractivity contribution in [2.24, 2.45) is 5.92 Å². The molecule has 2 fully saturated rings. The Bertz CT molecular complexity index is 1280. The van der Waals surface area contributed by atoms with Gasteiger partial charge in [-0.2, -0.15) is 8.61 Å². The Hall–Kier alpha value is -2.51. The lowest BCUT2D eigenvalue weighted by molar-refractivity contribution is -0.120. The summed E-state index contributed by atoms with van der Waals surface area (Å²) in [6.45, 7) is 5.13. The fraction of sp³-hybridized carbons (Fsp3) is 0.480. The van der Waals surface area contributed by atoms with Crippen LogP contribution in [0, 0.1) is 5.92 Å². The van der Waals surface area contributed by atoms with Crippen LogP contribution >= 0.6 is 0 Å². The minimum Gasteiger partial charge on any atom is -0.494 e. The van der Waals surface area contributed by atoms with Gasteiger partial charge in [-0.25, -0.2) is 16.8 Å². The maximum Gasteiger partial charge on any atom is 0.243 e. The number of rotatable bonds is 8. The summed E-state index contributed by atoms with van der Waals surface area (Å²) >= 11 is 0. The number of hydrogen-bond donors (Lipinski definition) is 1. The van der Waals surface area contributed by atoms with E-state index in [1.807, 2.05) is 14.0 Å². The van der Waals surface area contributed by atoms with Gasteiger partial charge in [-0.15, -0.1) is 0 Å². The summed E-state index contributed by atoms with van der Waals surface area (Å²) < 4.78 is 60.0. The lowest BCUT2D eigenvalue weighted by Crippen LogP contribution is -2.46. The Morgan fingerprint density at radius 3 is 1.81 bits per heavy atom. The zero-order chi connectivity index (χ0) is 26.6. The number of anilines is 1. The molecule has 4 rings (SSSR count). The van der Waals surface area contributed by atoms with Crippen LogP contribution < -0.4 is 10.1 Å². The van der Waals surface area contributed by atoms with Crippen LogP contribution in [0.25, 0.3) is 0 Å². The summed E-state index contributed by atoms with van der Waals surface area (Å²) in [5, 5.41) is 2.84. The predicted octanol–water partition coefficient (Wildman–Crippen LogP) is 2.06. The van der Waals surface area contributed by atoms with Crippen LogP contribution in [0.1, 0.15) is 19.8 Å². The third-order valence-corrected chi connectivity index (χ3v) is 10.6. The fourth-order valence-corrected chi connectivity index (χ4v) is 7.41. The molecule has 2 aliphatic rings. The molecule has 2 saturated heterocycles. The second kappa shape index (κ2) is 11.5. The smallest absolute Gasteiger partial charge is 0.243 e. The molecule has 2 aromatic rings. The maximum atomic E-state index is 13.0. The van der Waals surface area contributed by atoms with E-state index in [1.54, 1.807) is 24.3 Å². The SMILES string of the molecule is CCOc1ccc(S(=O)(=O)N2CCC(C(=O)Nc3ccc(S(=O)(=O)N4CCN(C)CC4)cc3)CC2)cc1. The Kier molecular flexibility index (Phi) is 8.54. The monoisotopic (exact) mass is 550 g/mol. The van der Waals surface area contributed by atoms with Gasteiger partial charge in [0.25, 0.3) is 0 Å². The van der Waals surface area contributed by atoms with E-state index in [-0.39, 0.29) is 34.7 Å². The molecule has 2 heterocycles. The number of carbonyl (C=O) groups excluding carboxylic acids is 1. The number of piperazine rings is 1. The molecule has 0 saturated carbocycles. The lowest BCUT2D eigenvalue weighted by Gasteiger charge is -2.31. The first-order valence-electron chi connectivity index (χ1n) is 12.4. The van der Waals surface area contributed by atoms with Crippen molar-refractivity contribution in [3.05, 3.63) is 48.5 Å². The third-order valence-electron chi connectivity index (χ3n) is 6.82. The number of sulfonamides is 2. The van der Waals surface area contributed by atoms with Gasteiger partial charge in [0.15, 0.2) is 0 Å². The van der Waals surface area contributed by atoms with Gasteiger partial charge < -0.3 is 15.0 Å². The predicted molar refractivity (Wildman–Crippen MR) is 140 cm³/mol. The quantitative estimate of drug-likeness (QED) is 0.535. The van der Waals surface area contributed by atoms with Gasteiger partial charge in [0.05, 0.1) is 16.4 Å². The summed E-state index contributed by atoms with van der Waals surface area (Å²) in [4.78, 5) is 15.3. The molecule has 10 nitrogen and oxygen atoms in total. The zero-order valence-corrected chi connectivity index (χ0v) is 22.8. The molecule has 0 bridgehead atoms. The van der Waals surface area contributed by atoms with Crippen LogP contribution in [0.15, 0.2) is 58.3 Å². The molecule has 1 N–H and O–H groups in total. The number of hydrogen-bond acceptors (Lipinski definition) is 7. The van der Waals surface area contributed by atoms with Gasteiger partial charge >= 0.3 is 0 Å². The summed E-state index contributed by atoms with van der Waals surface area (Å²) in [5.74, 6) is 0.0788. The molecule has 2 aliphatic heterocycles. The van der Waals surface area contributed by atoms with Crippen LogP contribution in [0.3, 0.4) is 0 Å². The van der Waals surface area contributed by atoms with Crippen molar-refractivity contribution in [1.82, 2.24) is 13.5 Å². The number of carbonyl (C=O) groups is 1.